The van der Waals surface area contributed by atoms with Crippen LogP contribution >= 0.6 is 44.3 Å². The van der Waals surface area contributed by atoms with Crippen LogP contribution < -0.4 is 15.4 Å². The lowest BCUT2D eigenvalue weighted by atomic mass is 10.2. The summed E-state index contributed by atoms with van der Waals surface area (Å²) in [6.07, 6.45) is 0. The van der Waals surface area contributed by atoms with E-state index in [9.17, 15) is 4.79 Å². The van der Waals surface area contributed by atoms with Crippen LogP contribution in [0.4, 0.5) is 0 Å². The maximum Gasteiger partial charge on any atom is 0.234 e. The first-order valence-corrected chi connectivity index (χ1v) is 7.54. The molecule has 2 N–H and O–H groups in total. The lowest BCUT2D eigenvalue weighted by Crippen LogP contribution is -2.37. The van der Waals surface area contributed by atoms with Gasteiger partial charge in [-0.1, -0.05) is 15.9 Å². The molecule has 0 aliphatic rings. The zero-order valence-corrected chi connectivity index (χ0v) is 15.6. The summed E-state index contributed by atoms with van der Waals surface area (Å²) in [6, 6.07) is 4.05. The molecule has 0 heterocycles. The number of rotatable bonds is 6. The van der Waals surface area contributed by atoms with Crippen molar-refractivity contribution in [1.82, 2.24) is 10.6 Å². The lowest BCUT2D eigenvalue weighted by Gasteiger charge is -2.13. The number of hydrogen-bond donors (Lipinski definition) is 2. The Morgan fingerprint density at radius 3 is 2.55 bits per heavy atom. The van der Waals surface area contributed by atoms with Gasteiger partial charge in [0.1, 0.15) is 5.75 Å². The maximum atomic E-state index is 11.5. The second kappa shape index (κ2) is 9.60. The summed E-state index contributed by atoms with van der Waals surface area (Å²) in [5, 5.41) is 5.93. The van der Waals surface area contributed by atoms with E-state index in [4.69, 9.17) is 4.74 Å². The third-order valence-corrected chi connectivity index (χ3v) is 3.39. The molecule has 0 saturated carbocycles. The van der Waals surface area contributed by atoms with Gasteiger partial charge >= 0.3 is 0 Å². The van der Waals surface area contributed by atoms with Crippen LogP contribution in [0.15, 0.2) is 21.1 Å². The number of benzene rings is 1. The average Bonchev–Trinajstić information content (AvgIpc) is 2.27. The molecule has 7 heteroatoms. The van der Waals surface area contributed by atoms with Crippen LogP contribution in [0.25, 0.3) is 0 Å². The largest absolute Gasteiger partial charge is 0.495 e. The molecule has 0 aliphatic carbocycles. The fourth-order valence-electron chi connectivity index (χ4n) is 1.66. The average molecular weight is 431 g/mol. The van der Waals surface area contributed by atoms with Crippen molar-refractivity contribution in [3.8, 4) is 5.75 Å². The zero-order valence-electron chi connectivity index (χ0n) is 11.6. The molecule has 20 heavy (non-hydrogen) atoms. The Kier molecular flexibility index (Phi) is 9.46. The monoisotopic (exact) mass is 428 g/mol. The van der Waals surface area contributed by atoms with Crippen molar-refractivity contribution < 1.29 is 9.53 Å². The molecule has 0 aliphatic heterocycles. The molecule has 0 unspecified atom stereocenters. The second-order valence-corrected chi connectivity index (χ2v) is 6.18. The number of nitrogens with one attached hydrogen (secondary N) is 2. The maximum absolute atomic E-state index is 11.5. The van der Waals surface area contributed by atoms with Crippen LogP contribution in [-0.4, -0.2) is 25.6 Å². The molecule has 4 nitrogen and oxygen atoms in total. The molecular weight excluding hydrogens is 411 g/mol. The van der Waals surface area contributed by atoms with E-state index in [0.29, 0.717) is 6.54 Å². The van der Waals surface area contributed by atoms with Crippen LogP contribution in [0.2, 0.25) is 0 Å². The van der Waals surface area contributed by atoms with E-state index in [0.717, 1.165) is 20.3 Å². The summed E-state index contributed by atoms with van der Waals surface area (Å²) >= 11 is 6.89. The minimum atomic E-state index is -0.0111. The molecule has 1 aromatic carbocycles. The Morgan fingerprint density at radius 1 is 1.35 bits per heavy atom. The molecule has 0 bridgehead atoms. The first-order valence-electron chi connectivity index (χ1n) is 5.96. The Balaban J connectivity index is 0.00000361. The van der Waals surface area contributed by atoms with Crippen molar-refractivity contribution in [1.29, 1.82) is 0 Å². The van der Waals surface area contributed by atoms with E-state index >= 15 is 0 Å². The third-order valence-electron chi connectivity index (χ3n) is 2.34. The summed E-state index contributed by atoms with van der Waals surface area (Å²) in [6.45, 7) is 4.72. The number of carbonyl (C=O) groups excluding carboxylic acids is 1. The van der Waals surface area contributed by atoms with E-state index in [-0.39, 0.29) is 30.9 Å². The highest BCUT2D eigenvalue weighted by atomic mass is 79.9. The van der Waals surface area contributed by atoms with E-state index < -0.39 is 0 Å². The summed E-state index contributed by atoms with van der Waals surface area (Å²) in [4.78, 5) is 11.5. The van der Waals surface area contributed by atoms with Gasteiger partial charge in [0.25, 0.3) is 0 Å². The molecule has 1 aromatic rings. The van der Waals surface area contributed by atoms with Gasteiger partial charge in [-0.3, -0.25) is 4.79 Å². The van der Waals surface area contributed by atoms with Crippen molar-refractivity contribution in [2.24, 2.45) is 0 Å². The van der Waals surface area contributed by atoms with Crippen molar-refractivity contribution in [2.75, 3.05) is 13.7 Å². The number of amides is 1. The molecule has 1 rings (SSSR count). The van der Waals surface area contributed by atoms with E-state index in [1.54, 1.807) is 7.11 Å². The highest BCUT2D eigenvalue weighted by Crippen LogP contribution is 2.32. The predicted octanol–water partition coefficient (Wildman–Crippen LogP) is 3.26. The van der Waals surface area contributed by atoms with Crippen LogP contribution in [0.5, 0.6) is 5.75 Å². The van der Waals surface area contributed by atoms with Gasteiger partial charge in [0.05, 0.1) is 18.1 Å². The highest BCUT2D eigenvalue weighted by molar-refractivity contribution is 9.11. The fourth-order valence-corrected chi connectivity index (χ4v) is 3.13. The molecule has 0 fully saturated rings. The normalized spacial score (nSPS) is 10.1. The smallest absolute Gasteiger partial charge is 0.234 e. The molecule has 0 spiro atoms. The topological polar surface area (TPSA) is 50.4 Å². The molecular formula is C13H19Br2ClN2O2. The summed E-state index contributed by atoms with van der Waals surface area (Å²) < 4.78 is 7.19. The molecule has 0 radical (unpaired) electrons. The summed E-state index contributed by atoms with van der Waals surface area (Å²) in [5.74, 6) is 0.767. The van der Waals surface area contributed by atoms with Gasteiger partial charge < -0.3 is 15.4 Å². The summed E-state index contributed by atoms with van der Waals surface area (Å²) in [7, 11) is 1.63. The van der Waals surface area contributed by atoms with Gasteiger partial charge in [-0.2, -0.15) is 0 Å². The Morgan fingerprint density at radius 2 is 2.00 bits per heavy atom. The van der Waals surface area contributed by atoms with Gasteiger partial charge in [-0.15, -0.1) is 12.4 Å². The number of ether oxygens (including phenoxy) is 1. The number of hydrogen-bond acceptors (Lipinski definition) is 3. The van der Waals surface area contributed by atoms with Crippen LogP contribution in [0.3, 0.4) is 0 Å². The first-order chi connectivity index (χ1) is 8.93. The number of carbonyl (C=O) groups is 1. The van der Waals surface area contributed by atoms with Gasteiger partial charge in [0, 0.05) is 22.6 Å². The van der Waals surface area contributed by atoms with Crippen LogP contribution in [0.1, 0.15) is 19.4 Å². The quantitative estimate of drug-likeness (QED) is 0.729. The van der Waals surface area contributed by atoms with Crippen molar-refractivity contribution in [2.45, 2.75) is 26.4 Å². The van der Waals surface area contributed by atoms with E-state index in [1.807, 2.05) is 26.0 Å². The van der Waals surface area contributed by atoms with Crippen molar-refractivity contribution in [3.05, 3.63) is 26.6 Å². The Bertz CT molecular complexity index is 456. The van der Waals surface area contributed by atoms with Crippen LogP contribution in [0, 0.1) is 0 Å². The predicted molar refractivity (Wildman–Crippen MR) is 90.6 cm³/mol. The fraction of sp³-hybridized carbons (Fsp3) is 0.462. The van der Waals surface area contributed by atoms with E-state index in [2.05, 4.69) is 42.5 Å². The third kappa shape index (κ3) is 6.43. The molecule has 0 aromatic heterocycles. The molecule has 0 atom stereocenters. The van der Waals surface area contributed by atoms with Crippen molar-refractivity contribution in [3.63, 3.8) is 0 Å². The highest BCUT2D eigenvalue weighted by Gasteiger charge is 2.10. The molecule has 0 saturated heterocycles. The van der Waals surface area contributed by atoms with E-state index in [1.165, 1.54) is 0 Å². The second-order valence-electron chi connectivity index (χ2n) is 4.41. The summed E-state index contributed by atoms with van der Waals surface area (Å²) in [5.41, 5.74) is 0.987. The number of halogens is 3. The molecule has 114 valence electrons. The minimum absolute atomic E-state index is 0. The number of methoxy groups -OCH3 is 1. The lowest BCUT2D eigenvalue weighted by molar-refractivity contribution is -0.120. The van der Waals surface area contributed by atoms with Gasteiger partial charge in [-0.25, -0.2) is 0 Å². The molecule has 1 amide bonds. The van der Waals surface area contributed by atoms with Gasteiger partial charge in [-0.05, 0) is 41.9 Å². The van der Waals surface area contributed by atoms with Gasteiger partial charge in [0.2, 0.25) is 5.91 Å². The van der Waals surface area contributed by atoms with Crippen LogP contribution in [-0.2, 0) is 11.3 Å². The first kappa shape index (κ1) is 19.7. The van der Waals surface area contributed by atoms with Crippen molar-refractivity contribution >= 4 is 50.2 Å². The standard InChI is InChI=1S/C13H18Br2N2O2.ClH/c1-8(2)17-12(18)7-16-6-9-4-10(14)5-11(15)13(9)19-3;/h4-5,8,16H,6-7H2,1-3H3,(H,17,18);1H. The Hall–Kier alpha value is -0.300. The van der Waals surface area contributed by atoms with Gasteiger partial charge in [0.15, 0.2) is 0 Å². The Labute approximate surface area is 142 Å². The SMILES string of the molecule is COc1c(Br)cc(Br)cc1CNCC(=O)NC(C)C.Cl. The minimum Gasteiger partial charge on any atom is -0.495 e. The zero-order chi connectivity index (χ0) is 14.4.